The number of hydrogen-bond acceptors (Lipinski definition) is 3. The van der Waals surface area contributed by atoms with E-state index in [0.717, 1.165) is 0 Å². The van der Waals surface area contributed by atoms with Crippen LogP contribution < -0.4 is 0 Å². The molecule has 0 aliphatic carbocycles. The highest BCUT2D eigenvalue weighted by molar-refractivity contribution is 5.82. The molecule has 0 saturated carbocycles. The van der Waals surface area contributed by atoms with Gasteiger partial charge in [0.1, 0.15) is 0 Å². The van der Waals surface area contributed by atoms with Crippen molar-refractivity contribution < 1.29 is 0 Å². The average molecular weight is 161 g/mol. The van der Waals surface area contributed by atoms with Crippen molar-refractivity contribution in [2.45, 2.75) is 6.92 Å². The molecule has 62 valence electrons. The van der Waals surface area contributed by atoms with Gasteiger partial charge in [-0.2, -0.15) is 0 Å². The molecular formula is C9H11N3. The molecule has 1 heterocycles. The Kier molecular flexibility index (Phi) is 3.14. The standard InChI is InChI=1S/C9H11N3/c1-8(6-10)7-12-9-4-2-3-5-11-9/h2-8,10H,1H3. The van der Waals surface area contributed by atoms with Crippen LogP contribution in [0.4, 0.5) is 5.82 Å². The molecule has 0 radical (unpaired) electrons. The zero-order chi connectivity index (χ0) is 8.81. The number of pyridine rings is 1. The van der Waals surface area contributed by atoms with Gasteiger partial charge in [-0.15, -0.1) is 0 Å². The number of nitrogens with zero attached hydrogens (tertiary/aromatic N) is 2. The zero-order valence-electron chi connectivity index (χ0n) is 6.94. The molecule has 0 amide bonds. The van der Waals surface area contributed by atoms with Crippen molar-refractivity contribution in [1.29, 1.82) is 5.41 Å². The Bertz CT molecular complexity index is 266. The molecule has 0 spiro atoms. The van der Waals surface area contributed by atoms with E-state index >= 15 is 0 Å². The van der Waals surface area contributed by atoms with Crippen LogP contribution in [0.25, 0.3) is 0 Å². The topological polar surface area (TPSA) is 49.1 Å². The van der Waals surface area contributed by atoms with Crippen molar-refractivity contribution in [3.63, 3.8) is 0 Å². The molecule has 0 fully saturated rings. The van der Waals surface area contributed by atoms with Crippen LogP contribution in [0.2, 0.25) is 0 Å². The van der Waals surface area contributed by atoms with E-state index < -0.39 is 0 Å². The molecular weight excluding hydrogens is 150 g/mol. The fraction of sp³-hybridized carbons (Fsp3) is 0.222. The Balaban J connectivity index is 2.63. The first-order chi connectivity index (χ1) is 5.83. The first-order valence-electron chi connectivity index (χ1n) is 3.78. The summed E-state index contributed by atoms with van der Waals surface area (Å²) in [5.41, 5.74) is 0. The van der Waals surface area contributed by atoms with E-state index in [0.29, 0.717) is 5.82 Å². The van der Waals surface area contributed by atoms with Gasteiger partial charge in [-0.05, 0) is 12.1 Å². The van der Waals surface area contributed by atoms with Gasteiger partial charge in [0, 0.05) is 24.5 Å². The second-order valence-electron chi connectivity index (χ2n) is 2.49. The van der Waals surface area contributed by atoms with Gasteiger partial charge in [-0.25, -0.2) is 9.98 Å². The molecule has 0 aromatic carbocycles. The molecule has 0 aliphatic rings. The second kappa shape index (κ2) is 4.38. The summed E-state index contributed by atoms with van der Waals surface area (Å²) in [4.78, 5) is 8.10. The highest BCUT2D eigenvalue weighted by Gasteiger charge is 1.90. The Labute approximate surface area is 71.7 Å². The maximum atomic E-state index is 6.94. The largest absolute Gasteiger partial charge is 0.312 e. The molecule has 1 atom stereocenters. The van der Waals surface area contributed by atoms with Crippen LogP contribution in [0.5, 0.6) is 0 Å². The summed E-state index contributed by atoms with van der Waals surface area (Å²) >= 11 is 0. The number of hydrogen-bond donors (Lipinski definition) is 1. The fourth-order valence-corrected chi connectivity index (χ4v) is 0.667. The molecule has 0 bridgehead atoms. The summed E-state index contributed by atoms with van der Waals surface area (Å²) in [6.45, 7) is 1.90. The number of nitrogens with one attached hydrogen (secondary N) is 1. The first-order valence-corrected chi connectivity index (χ1v) is 3.78. The summed E-state index contributed by atoms with van der Waals surface area (Å²) in [5.74, 6) is 0.762. The molecule has 1 aromatic rings. The Morgan fingerprint density at radius 2 is 2.42 bits per heavy atom. The number of aliphatic imine (C=N–C) groups is 1. The van der Waals surface area contributed by atoms with Gasteiger partial charge in [0.05, 0.1) is 0 Å². The van der Waals surface area contributed by atoms with E-state index in [4.69, 9.17) is 5.41 Å². The first kappa shape index (κ1) is 8.59. The molecule has 3 nitrogen and oxygen atoms in total. The summed E-state index contributed by atoms with van der Waals surface area (Å²) < 4.78 is 0. The minimum atomic E-state index is 0.0759. The third-order valence-electron chi connectivity index (χ3n) is 1.35. The lowest BCUT2D eigenvalue weighted by atomic mass is 10.2. The zero-order valence-corrected chi connectivity index (χ0v) is 6.94. The molecule has 1 aromatic heterocycles. The summed E-state index contributed by atoms with van der Waals surface area (Å²) in [6.07, 6.45) is 4.74. The summed E-state index contributed by atoms with van der Waals surface area (Å²) in [6, 6.07) is 5.56. The quantitative estimate of drug-likeness (QED) is 0.678. The molecule has 1 N–H and O–H groups in total. The van der Waals surface area contributed by atoms with Crippen LogP contribution in [0.1, 0.15) is 6.92 Å². The lowest BCUT2D eigenvalue weighted by Gasteiger charge is -1.93. The summed E-state index contributed by atoms with van der Waals surface area (Å²) in [5, 5.41) is 6.94. The normalized spacial score (nSPS) is 13.1. The SMILES string of the molecule is CC(C=N)C=Nc1ccccn1. The lowest BCUT2D eigenvalue weighted by Crippen LogP contribution is -1.94. The highest BCUT2D eigenvalue weighted by atomic mass is 14.9. The highest BCUT2D eigenvalue weighted by Crippen LogP contribution is 2.04. The van der Waals surface area contributed by atoms with E-state index in [1.165, 1.54) is 6.21 Å². The third kappa shape index (κ3) is 2.62. The van der Waals surface area contributed by atoms with Gasteiger partial charge in [-0.3, -0.25) is 0 Å². The van der Waals surface area contributed by atoms with E-state index in [9.17, 15) is 0 Å². The van der Waals surface area contributed by atoms with E-state index in [-0.39, 0.29) is 5.92 Å². The van der Waals surface area contributed by atoms with Gasteiger partial charge in [0.25, 0.3) is 0 Å². The monoisotopic (exact) mass is 161 g/mol. The molecule has 1 unspecified atom stereocenters. The van der Waals surface area contributed by atoms with Crippen molar-refractivity contribution in [1.82, 2.24) is 4.98 Å². The van der Waals surface area contributed by atoms with Crippen LogP contribution in [0.3, 0.4) is 0 Å². The molecule has 3 heteroatoms. The minimum Gasteiger partial charge on any atom is -0.312 e. The third-order valence-corrected chi connectivity index (χ3v) is 1.35. The Morgan fingerprint density at radius 1 is 1.58 bits per heavy atom. The van der Waals surface area contributed by atoms with Crippen molar-refractivity contribution in [3.8, 4) is 0 Å². The predicted molar refractivity (Wildman–Crippen MR) is 50.3 cm³/mol. The van der Waals surface area contributed by atoms with E-state index in [2.05, 4.69) is 9.98 Å². The van der Waals surface area contributed by atoms with Gasteiger partial charge < -0.3 is 5.41 Å². The second-order valence-corrected chi connectivity index (χ2v) is 2.49. The van der Waals surface area contributed by atoms with E-state index in [1.54, 1.807) is 12.4 Å². The van der Waals surface area contributed by atoms with Gasteiger partial charge >= 0.3 is 0 Å². The van der Waals surface area contributed by atoms with Crippen molar-refractivity contribution in [3.05, 3.63) is 24.4 Å². The lowest BCUT2D eigenvalue weighted by molar-refractivity contribution is 1.10. The molecule has 1 rings (SSSR count). The molecule has 0 saturated heterocycles. The fourth-order valence-electron chi connectivity index (χ4n) is 0.667. The predicted octanol–water partition coefficient (Wildman–Crippen LogP) is 2.07. The smallest absolute Gasteiger partial charge is 0.151 e. The Hall–Kier alpha value is -1.51. The molecule has 12 heavy (non-hydrogen) atoms. The van der Waals surface area contributed by atoms with Crippen LogP contribution in [-0.4, -0.2) is 17.4 Å². The van der Waals surface area contributed by atoms with Gasteiger partial charge in [-0.1, -0.05) is 13.0 Å². The van der Waals surface area contributed by atoms with Gasteiger partial charge in [0.15, 0.2) is 5.82 Å². The maximum absolute atomic E-state index is 6.94. The van der Waals surface area contributed by atoms with Crippen molar-refractivity contribution >= 4 is 18.2 Å². The number of rotatable bonds is 3. The molecule has 0 aliphatic heterocycles. The maximum Gasteiger partial charge on any atom is 0.151 e. The average Bonchev–Trinajstić information content (AvgIpc) is 2.16. The van der Waals surface area contributed by atoms with Gasteiger partial charge in [0.2, 0.25) is 0 Å². The van der Waals surface area contributed by atoms with Crippen LogP contribution in [0.15, 0.2) is 29.4 Å². The van der Waals surface area contributed by atoms with Crippen LogP contribution >= 0.6 is 0 Å². The van der Waals surface area contributed by atoms with Crippen molar-refractivity contribution in [2.75, 3.05) is 0 Å². The van der Waals surface area contributed by atoms with Crippen LogP contribution in [-0.2, 0) is 0 Å². The summed E-state index contributed by atoms with van der Waals surface area (Å²) in [7, 11) is 0. The number of aromatic nitrogens is 1. The van der Waals surface area contributed by atoms with Crippen molar-refractivity contribution in [2.24, 2.45) is 10.9 Å². The van der Waals surface area contributed by atoms with Crippen LogP contribution in [0, 0.1) is 11.3 Å². The van der Waals surface area contributed by atoms with E-state index in [1.807, 2.05) is 25.1 Å². The minimum absolute atomic E-state index is 0.0759. The Morgan fingerprint density at radius 3 is 3.00 bits per heavy atom.